The highest BCUT2D eigenvalue weighted by atomic mass is 14.0. The van der Waals surface area contributed by atoms with Crippen molar-refractivity contribution < 1.29 is 0 Å². The van der Waals surface area contributed by atoms with Gasteiger partial charge in [-0.05, 0) is 25.7 Å². The van der Waals surface area contributed by atoms with E-state index in [4.69, 9.17) is 6.58 Å². The predicted octanol–water partition coefficient (Wildman–Crippen LogP) is 4.12. The molecule has 11 heavy (non-hydrogen) atoms. The Morgan fingerprint density at radius 3 is 2.00 bits per heavy atom. The zero-order chi connectivity index (χ0) is 8.53. The Morgan fingerprint density at radius 1 is 0.909 bits per heavy atom. The van der Waals surface area contributed by atoms with Gasteiger partial charge >= 0.3 is 0 Å². The second-order valence-electron chi connectivity index (χ2n) is 3.22. The van der Waals surface area contributed by atoms with Crippen molar-refractivity contribution in [2.45, 2.75) is 58.8 Å². The summed E-state index contributed by atoms with van der Waals surface area (Å²) in [6.45, 7) is 10.2. The molecule has 0 N–H and O–H groups in total. The van der Waals surface area contributed by atoms with E-state index in [0.29, 0.717) is 0 Å². The number of hydrogen-bond acceptors (Lipinski definition) is 0. The fourth-order valence-electron chi connectivity index (χ4n) is 1.13. The molecule has 65 valence electrons. The van der Waals surface area contributed by atoms with Crippen LogP contribution in [0.25, 0.3) is 0 Å². The van der Waals surface area contributed by atoms with Crippen LogP contribution in [-0.4, -0.2) is 0 Å². The quantitative estimate of drug-likeness (QED) is 0.483. The number of allylic oxidation sites excluding steroid dienone is 1. The largest absolute Gasteiger partial charge is 0.0702 e. The molecule has 0 bridgehead atoms. The maximum atomic E-state index is 5.82. The van der Waals surface area contributed by atoms with Gasteiger partial charge in [0.1, 0.15) is 0 Å². The summed E-state index contributed by atoms with van der Waals surface area (Å²) in [5.74, 6) is 0. The second kappa shape index (κ2) is 7.84. The lowest BCUT2D eigenvalue weighted by molar-refractivity contribution is 0.678. The lowest BCUT2D eigenvalue weighted by Crippen LogP contribution is -1.83. The van der Waals surface area contributed by atoms with E-state index in [-0.39, 0.29) is 0 Å². The van der Waals surface area contributed by atoms with Crippen LogP contribution in [0.2, 0.25) is 0 Å². The maximum Gasteiger partial charge on any atom is -0.0317 e. The number of hydrogen-bond donors (Lipinski definition) is 0. The Kier molecular flexibility index (Phi) is 7.66. The van der Waals surface area contributed by atoms with Gasteiger partial charge in [-0.1, -0.05) is 45.3 Å². The molecule has 0 heterocycles. The third-order valence-electron chi connectivity index (χ3n) is 1.95. The van der Waals surface area contributed by atoms with Crippen molar-refractivity contribution in [3.63, 3.8) is 0 Å². The van der Waals surface area contributed by atoms with Gasteiger partial charge in [-0.25, -0.2) is 0 Å². The molecule has 1 radical (unpaired) electrons. The van der Waals surface area contributed by atoms with Crippen molar-refractivity contribution >= 4 is 0 Å². The van der Waals surface area contributed by atoms with Gasteiger partial charge in [0.15, 0.2) is 0 Å². The molecule has 0 aliphatic rings. The summed E-state index contributed by atoms with van der Waals surface area (Å²) in [4.78, 5) is 0. The van der Waals surface area contributed by atoms with Gasteiger partial charge in [0.2, 0.25) is 0 Å². The van der Waals surface area contributed by atoms with E-state index in [2.05, 4.69) is 13.8 Å². The molecule has 0 fully saturated rings. The second-order valence-corrected chi connectivity index (χ2v) is 3.22. The standard InChI is InChI=1S/C11H21/c1-4-6-8-10-11(3)9-7-5-2/h3H,4-10H2,1-2H3. The van der Waals surface area contributed by atoms with E-state index in [1.165, 1.54) is 37.7 Å². The van der Waals surface area contributed by atoms with Gasteiger partial charge in [-0.2, -0.15) is 0 Å². The third kappa shape index (κ3) is 7.64. The van der Waals surface area contributed by atoms with E-state index in [1.54, 1.807) is 0 Å². The Bertz CT molecular complexity index is 92.2. The summed E-state index contributed by atoms with van der Waals surface area (Å²) in [5.41, 5.74) is 1.21. The van der Waals surface area contributed by atoms with Crippen LogP contribution in [0.5, 0.6) is 0 Å². The van der Waals surface area contributed by atoms with Crippen LogP contribution in [0.4, 0.5) is 0 Å². The molecule has 0 spiro atoms. The molecule has 0 saturated heterocycles. The first-order valence-electron chi connectivity index (χ1n) is 4.91. The summed E-state index contributed by atoms with van der Waals surface area (Å²) in [6, 6.07) is 0. The molecule has 0 nitrogen and oxygen atoms in total. The van der Waals surface area contributed by atoms with Gasteiger partial charge < -0.3 is 0 Å². The first kappa shape index (κ1) is 10.7. The Balaban J connectivity index is 3.09. The Hall–Kier alpha value is -0.260. The van der Waals surface area contributed by atoms with Crippen molar-refractivity contribution in [2.24, 2.45) is 0 Å². The third-order valence-corrected chi connectivity index (χ3v) is 1.95. The summed E-state index contributed by atoms with van der Waals surface area (Å²) in [7, 11) is 0. The minimum absolute atomic E-state index is 1.14. The zero-order valence-electron chi connectivity index (χ0n) is 8.03. The van der Waals surface area contributed by atoms with Crippen LogP contribution >= 0.6 is 0 Å². The highest BCUT2D eigenvalue weighted by molar-refractivity contribution is 4.90. The minimum atomic E-state index is 1.14. The van der Waals surface area contributed by atoms with Crippen LogP contribution in [0.15, 0.2) is 5.57 Å². The van der Waals surface area contributed by atoms with E-state index >= 15 is 0 Å². The molecule has 0 unspecified atom stereocenters. The highest BCUT2D eigenvalue weighted by Crippen LogP contribution is 2.12. The molecule has 0 saturated carbocycles. The normalized spacial score (nSPS) is 10.0. The van der Waals surface area contributed by atoms with Crippen LogP contribution < -0.4 is 0 Å². The topological polar surface area (TPSA) is 0 Å². The van der Waals surface area contributed by atoms with Crippen LogP contribution in [0.1, 0.15) is 58.8 Å². The molecule has 0 heteroatoms. The molecule has 0 aliphatic carbocycles. The fourth-order valence-corrected chi connectivity index (χ4v) is 1.13. The monoisotopic (exact) mass is 153 g/mol. The van der Waals surface area contributed by atoms with Crippen molar-refractivity contribution in [2.75, 3.05) is 0 Å². The molecule has 0 aliphatic heterocycles. The maximum absolute atomic E-state index is 5.82. The SMILES string of the molecule is [CH]=C(CCCC)CCCCC. The van der Waals surface area contributed by atoms with Crippen molar-refractivity contribution in [3.8, 4) is 0 Å². The first-order chi connectivity index (χ1) is 5.31. The summed E-state index contributed by atoms with van der Waals surface area (Å²) in [6.07, 6.45) is 8.71. The fraction of sp³-hybridized carbons (Fsp3) is 0.818. The van der Waals surface area contributed by atoms with Crippen LogP contribution in [0.3, 0.4) is 0 Å². The zero-order valence-corrected chi connectivity index (χ0v) is 8.03. The molecule has 0 rings (SSSR count). The molecule has 0 amide bonds. The smallest absolute Gasteiger partial charge is 0.0317 e. The molecule has 0 atom stereocenters. The number of unbranched alkanes of at least 4 members (excludes halogenated alkanes) is 3. The van der Waals surface area contributed by atoms with Gasteiger partial charge in [0, 0.05) is 0 Å². The molecule has 0 aromatic heterocycles. The van der Waals surface area contributed by atoms with Crippen LogP contribution in [-0.2, 0) is 0 Å². The Morgan fingerprint density at radius 2 is 1.45 bits per heavy atom. The Labute approximate surface area is 71.7 Å². The first-order valence-corrected chi connectivity index (χ1v) is 4.91. The van der Waals surface area contributed by atoms with Gasteiger partial charge in [0.05, 0.1) is 0 Å². The average Bonchev–Trinajstić information content (AvgIpc) is 2.01. The van der Waals surface area contributed by atoms with E-state index in [9.17, 15) is 0 Å². The molecular formula is C11H21. The van der Waals surface area contributed by atoms with Crippen molar-refractivity contribution in [1.29, 1.82) is 0 Å². The average molecular weight is 153 g/mol. The lowest BCUT2D eigenvalue weighted by Gasteiger charge is -2.02. The lowest BCUT2D eigenvalue weighted by atomic mass is 10.0. The highest BCUT2D eigenvalue weighted by Gasteiger charge is 1.93. The molecule has 0 aromatic rings. The summed E-state index contributed by atoms with van der Waals surface area (Å²) >= 11 is 0. The van der Waals surface area contributed by atoms with Crippen LogP contribution in [0, 0.1) is 6.58 Å². The van der Waals surface area contributed by atoms with Gasteiger partial charge in [-0.15, -0.1) is 0 Å². The minimum Gasteiger partial charge on any atom is -0.0702 e. The summed E-state index contributed by atoms with van der Waals surface area (Å²) in [5, 5.41) is 0. The van der Waals surface area contributed by atoms with Crippen molar-refractivity contribution in [3.05, 3.63) is 12.2 Å². The summed E-state index contributed by atoms with van der Waals surface area (Å²) < 4.78 is 0. The van der Waals surface area contributed by atoms with Gasteiger partial charge in [0.25, 0.3) is 0 Å². The van der Waals surface area contributed by atoms with Gasteiger partial charge in [-0.3, -0.25) is 0 Å². The molecular weight excluding hydrogens is 132 g/mol. The van der Waals surface area contributed by atoms with Crippen molar-refractivity contribution in [1.82, 2.24) is 0 Å². The molecule has 0 aromatic carbocycles. The predicted molar refractivity (Wildman–Crippen MR) is 51.5 cm³/mol. The van der Waals surface area contributed by atoms with E-state index in [1.807, 2.05) is 0 Å². The van der Waals surface area contributed by atoms with E-state index < -0.39 is 0 Å². The van der Waals surface area contributed by atoms with E-state index in [0.717, 1.165) is 12.8 Å². The number of rotatable bonds is 7.